The Morgan fingerprint density at radius 2 is 1.44 bits per heavy atom. The van der Waals surface area contributed by atoms with Crippen molar-refractivity contribution in [3.8, 4) is 29.2 Å². The highest BCUT2D eigenvalue weighted by molar-refractivity contribution is 7.16. The second-order valence-corrected chi connectivity index (χ2v) is 8.27. The zero-order valence-electron chi connectivity index (χ0n) is 17.8. The second-order valence-electron chi connectivity index (χ2n) is 7.29. The molecule has 0 amide bonds. The number of benzene rings is 3. The van der Waals surface area contributed by atoms with Crippen LogP contribution in [0.5, 0.6) is 0 Å². The third-order valence-corrected chi connectivity index (χ3v) is 6.16. The number of aromatic nitrogens is 3. The summed E-state index contributed by atoms with van der Waals surface area (Å²) in [4.78, 5) is 10.1. The number of anilines is 1. The van der Waals surface area contributed by atoms with E-state index in [4.69, 9.17) is 4.98 Å². The second kappa shape index (κ2) is 9.37. The molecule has 0 fully saturated rings. The summed E-state index contributed by atoms with van der Waals surface area (Å²) in [5, 5.41) is 24.0. The average Bonchev–Trinajstić information content (AvgIpc) is 3.28. The van der Waals surface area contributed by atoms with Gasteiger partial charge in [0.2, 0.25) is 4.80 Å². The molecule has 2 aromatic heterocycles. The topological polar surface area (TPSA) is 103 Å². The molecule has 5 aromatic rings. The van der Waals surface area contributed by atoms with Crippen molar-refractivity contribution in [2.75, 3.05) is 5.43 Å². The monoisotopic (exact) mass is 459 g/mol. The third kappa shape index (κ3) is 4.02. The van der Waals surface area contributed by atoms with Gasteiger partial charge in [0, 0.05) is 11.3 Å². The van der Waals surface area contributed by atoms with Gasteiger partial charge in [0.15, 0.2) is 17.4 Å². The summed E-state index contributed by atoms with van der Waals surface area (Å²) < 4.78 is 2.56. The first-order valence-electron chi connectivity index (χ1n) is 10.5. The molecule has 0 bridgehead atoms. The molecule has 2 heterocycles. The van der Waals surface area contributed by atoms with E-state index in [-0.39, 0.29) is 0 Å². The van der Waals surface area contributed by atoms with Gasteiger partial charge in [-0.1, -0.05) is 78.1 Å². The van der Waals surface area contributed by atoms with Crippen LogP contribution in [0.4, 0.5) is 5.69 Å². The minimum absolute atomic E-state index is 0.379. The van der Waals surface area contributed by atoms with Crippen LogP contribution in [-0.2, 0) is 0 Å². The molecule has 0 saturated heterocycles. The lowest BCUT2D eigenvalue weighted by molar-refractivity contribution is 0.976. The van der Waals surface area contributed by atoms with E-state index in [1.165, 1.54) is 11.3 Å². The minimum atomic E-state index is -1.04. The number of nitrogens with zero attached hydrogens (tertiary/aromatic N) is 6. The van der Waals surface area contributed by atoms with E-state index in [1.807, 2.05) is 95.6 Å². The molecular formula is C26H17N7S. The Hall–Kier alpha value is -4.79. The predicted octanol–water partition coefficient (Wildman–Crippen LogP) is 5.21. The molecule has 5 rings (SSSR count). The van der Waals surface area contributed by atoms with Crippen molar-refractivity contribution in [2.24, 2.45) is 5.10 Å². The van der Waals surface area contributed by atoms with Crippen molar-refractivity contribution in [2.45, 2.75) is 5.92 Å². The Morgan fingerprint density at radius 3 is 2.09 bits per heavy atom. The van der Waals surface area contributed by atoms with Crippen LogP contribution >= 0.6 is 11.3 Å². The molecule has 0 atom stereocenters. The van der Waals surface area contributed by atoms with E-state index in [1.54, 1.807) is 0 Å². The minimum Gasteiger partial charge on any atom is -0.276 e. The van der Waals surface area contributed by atoms with Gasteiger partial charge in [-0.25, -0.2) is 9.97 Å². The molecule has 0 aliphatic rings. The summed E-state index contributed by atoms with van der Waals surface area (Å²) in [7, 11) is 0. The third-order valence-electron chi connectivity index (χ3n) is 5.10. The summed E-state index contributed by atoms with van der Waals surface area (Å²) in [6.45, 7) is 0. The van der Waals surface area contributed by atoms with E-state index in [9.17, 15) is 10.5 Å². The van der Waals surface area contributed by atoms with Crippen molar-refractivity contribution in [1.29, 1.82) is 10.5 Å². The molecular weight excluding hydrogens is 442 g/mol. The lowest BCUT2D eigenvalue weighted by Gasteiger charge is -2.09. The summed E-state index contributed by atoms with van der Waals surface area (Å²) >= 11 is 1.33. The SMILES string of the molecule is N#CC(C#N)c1nc(-c2ccccc2)nc2c1s/c(=N\Nc1ccccc1)n2-c1ccccc1. The van der Waals surface area contributed by atoms with Crippen LogP contribution in [-0.4, -0.2) is 14.5 Å². The highest BCUT2D eigenvalue weighted by atomic mass is 32.1. The lowest BCUT2D eigenvalue weighted by Crippen LogP contribution is -2.15. The number of nitrogens with one attached hydrogen (secondary N) is 1. The molecule has 1 N–H and O–H groups in total. The fourth-order valence-electron chi connectivity index (χ4n) is 3.50. The Morgan fingerprint density at radius 1 is 0.824 bits per heavy atom. The maximum atomic E-state index is 9.67. The van der Waals surface area contributed by atoms with E-state index < -0.39 is 5.92 Å². The van der Waals surface area contributed by atoms with Crippen molar-refractivity contribution >= 4 is 27.4 Å². The van der Waals surface area contributed by atoms with Crippen LogP contribution in [0, 0.1) is 22.7 Å². The van der Waals surface area contributed by atoms with Gasteiger partial charge >= 0.3 is 0 Å². The molecule has 0 aliphatic heterocycles. The number of thiazole rings is 1. The van der Waals surface area contributed by atoms with Gasteiger partial charge in [-0.15, -0.1) is 5.10 Å². The number of para-hydroxylation sites is 2. The zero-order chi connectivity index (χ0) is 23.3. The van der Waals surface area contributed by atoms with Gasteiger partial charge in [-0.2, -0.15) is 10.5 Å². The van der Waals surface area contributed by atoms with E-state index in [0.29, 0.717) is 26.7 Å². The van der Waals surface area contributed by atoms with Crippen molar-refractivity contribution in [1.82, 2.24) is 14.5 Å². The Kier molecular flexibility index (Phi) is 5.81. The van der Waals surface area contributed by atoms with E-state index in [0.717, 1.165) is 16.9 Å². The normalized spacial score (nSPS) is 11.3. The fourth-order valence-corrected chi connectivity index (χ4v) is 4.56. The van der Waals surface area contributed by atoms with E-state index >= 15 is 0 Å². The Labute approximate surface area is 199 Å². The first-order chi connectivity index (χ1) is 16.8. The van der Waals surface area contributed by atoms with Gasteiger partial charge in [-0.3, -0.25) is 9.99 Å². The van der Waals surface area contributed by atoms with E-state index in [2.05, 4.69) is 27.6 Å². The molecule has 0 saturated carbocycles. The summed E-state index contributed by atoms with van der Waals surface area (Å²) in [6, 6.07) is 33.0. The molecule has 0 unspecified atom stereocenters. The highest BCUT2D eigenvalue weighted by Crippen LogP contribution is 2.30. The molecule has 0 aliphatic carbocycles. The molecule has 3 aromatic carbocycles. The smallest absolute Gasteiger partial charge is 0.215 e. The first kappa shape index (κ1) is 21.1. The lowest BCUT2D eigenvalue weighted by atomic mass is 10.1. The largest absolute Gasteiger partial charge is 0.276 e. The summed E-state index contributed by atoms with van der Waals surface area (Å²) in [5.74, 6) is -0.589. The van der Waals surface area contributed by atoms with Gasteiger partial charge < -0.3 is 0 Å². The highest BCUT2D eigenvalue weighted by Gasteiger charge is 2.23. The van der Waals surface area contributed by atoms with Crippen molar-refractivity contribution in [3.05, 3.63) is 101 Å². The number of hydrogen-bond donors (Lipinski definition) is 1. The molecule has 7 nitrogen and oxygen atoms in total. The van der Waals surface area contributed by atoms with Crippen LogP contribution in [0.3, 0.4) is 0 Å². The standard InChI is InChI=1S/C26H17N7S/c27-16-19(17-28)22-23-25(30-24(29-22)18-10-4-1-5-11-18)33(21-14-8-3-9-15-21)26(34-23)32-31-20-12-6-2-7-13-20/h1-15,19,31H/b32-26-. The molecule has 34 heavy (non-hydrogen) atoms. The Bertz CT molecular complexity index is 1580. The van der Waals surface area contributed by atoms with Crippen LogP contribution in [0.1, 0.15) is 11.6 Å². The molecule has 162 valence electrons. The molecule has 0 radical (unpaired) electrons. The molecule has 8 heteroatoms. The van der Waals surface area contributed by atoms with Crippen LogP contribution in [0.15, 0.2) is 96.1 Å². The van der Waals surface area contributed by atoms with Crippen LogP contribution < -0.4 is 10.2 Å². The maximum absolute atomic E-state index is 9.67. The Balaban J connectivity index is 1.83. The number of nitriles is 2. The maximum Gasteiger partial charge on any atom is 0.215 e. The number of rotatable bonds is 5. The van der Waals surface area contributed by atoms with Crippen LogP contribution in [0.25, 0.3) is 27.4 Å². The first-order valence-corrected chi connectivity index (χ1v) is 11.3. The van der Waals surface area contributed by atoms with Crippen LogP contribution in [0.2, 0.25) is 0 Å². The predicted molar refractivity (Wildman–Crippen MR) is 132 cm³/mol. The molecule has 0 spiro atoms. The van der Waals surface area contributed by atoms with Gasteiger partial charge in [0.1, 0.15) is 0 Å². The summed E-state index contributed by atoms with van der Waals surface area (Å²) in [6.07, 6.45) is 0. The van der Waals surface area contributed by atoms with Gasteiger partial charge in [0.05, 0.1) is 28.2 Å². The van der Waals surface area contributed by atoms with Gasteiger partial charge in [-0.05, 0) is 24.3 Å². The van der Waals surface area contributed by atoms with Crippen molar-refractivity contribution < 1.29 is 0 Å². The summed E-state index contributed by atoms with van der Waals surface area (Å²) in [5.41, 5.74) is 6.55. The van der Waals surface area contributed by atoms with Crippen molar-refractivity contribution in [3.63, 3.8) is 0 Å². The number of fused-ring (bicyclic) bond motifs is 1. The zero-order valence-corrected chi connectivity index (χ0v) is 18.6. The fraction of sp³-hybridized carbons (Fsp3) is 0.0385. The quantitative estimate of drug-likeness (QED) is 0.364. The number of hydrogen-bond acceptors (Lipinski definition) is 7. The average molecular weight is 460 g/mol. The van der Waals surface area contributed by atoms with Gasteiger partial charge in [0.25, 0.3) is 0 Å².